The highest BCUT2D eigenvalue weighted by Crippen LogP contribution is 2.47. The number of piperidine rings is 1. The summed E-state index contributed by atoms with van der Waals surface area (Å²) in [5, 5.41) is 6.49. The Morgan fingerprint density at radius 1 is 1.35 bits per heavy atom. The molecule has 108 valence electrons. The third kappa shape index (κ3) is 2.85. The van der Waals surface area contributed by atoms with Gasteiger partial charge >= 0.3 is 0 Å². The molecule has 0 aromatic heterocycles. The summed E-state index contributed by atoms with van der Waals surface area (Å²) >= 11 is 0. The summed E-state index contributed by atoms with van der Waals surface area (Å²) in [5.74, 6) is 0.789. The van der Waals surface area contributed by atoms with Gasteiger partial charge in [0, 0.05) is 18.5 Å². The fourth-order valence-corrected chi connectivity index (χ4v) is 3.04. The zero-order valence-electron chi connectivity index (χ0n) is 11.7. The molecule has 4 atom stereocenters. The van der Waals surface area contributed by atoms with Gasteiger partial charge in [-0.15, -0.1) is 0 Å². The fraction of sp³-hybridized carbons (Fsp3) is 0.562. The van der Waals surface area contributed by atoms with Crippen LogP contribution in [0.5, 0.6) is 0 Å². The number of rotatable bonds is 3. The standard InChI is InChI=1S/C16H21FN2O/c1-10-6-7-18-9-15(10)19-16(20)14-8-13(14)11-2-4-12(17)5-3-11/h2-5,10,13-15,18H,6-9H2,1H3,(H,19,20). The van der Waals surface area contributed by atoms with E-state index in [-0.39, 0.29) is 29.6 Å². The van der Waals surface area contributed by atoms with Crippen molar-refractivity contribution in [1.82, 2.24) is 10.6 Å². The molecule has 1 amide bonds. The van der Waals surface area contributed by atoms with E-state index in [2.05, 4.69) is 17.6 Å². The number of carbonyl (C=O) groups excluding carboxylic acids is 1. The molecule has 2 N–H and O–H groups in total. The zero-order chi connectivity index (χ0) is 14.1. The Balaban J connectivity index is 1.56. The van der Waals surface area contributed by atoms with E-state index in [1.54, 1.807) is 12.1 Å². The van der Waals surface area contributed by atoms with Crippen LogP contribution in [-0.4, -0.2) is 25.0 Å². The Kier molecular flexibility index (Phi) is 3.74. The third-order valence-corrected chi connectivity index (χ3v) is 4.58. The smallest absolute Gasteiger partial charge is 0.224 e. The zero-order valence-corrected chi connectivity index (χ0v) is 11.7. The van der Waals surface area contributed by atoms with Gasteiger partial charge in [-0.1, -0.05) is 19.1 Å². The molecule has 0 bridgehead atoms. The van der Waals surface area contributed by atoms with Crippen LogP contribution < -0.4 is 10.6 Å². The first-order valence-corrected chi connectivity index (χ1v) is 7.41. The minimum atomic E-state index is -0.225. The monoisotopic (exact) mass is 276 g/mol. The lowest BCUT2D eigenvalue weighted by atomic mass is 9.94. The van der Waals surface area contributed by atoms with Crippen LogP contribution in [0.4, 0.5) is 4.39 Å². The van der Waals surface area contributed by atoms with Crippen molar-refractivity contribution < 1.29 is 9.18 Å². The van der Waals surface area contributed by atoms with Crippen molar-refractivity contribution in [3.8, 4) is 0 Å². The van der Waals surface area contributed by atoms with Crippen LogP contribution in [0.2, 0.25) is 0 Å². The van der Waals surface area contributed by atoms with Gasteiger partial charge in [0.15, 0.2) is 0 Å². The molecule has 4 unspecified atom stereocenters. The average molecular weight is 276 g/mol. The Hall–Kier alpha value is -1.42. The van der Waals surface area contributed by atoms with E-state index in [4.69, 9.17) is 0 Å². The number of amides is 1. The molecule has 4 heteroatoms. The number of benzene rings is 1. The van der Waals surface area contributed by atoms with Gasteiger partial charge in [-0.3, -0.25) is 4.79 Å². The summed E-state index contributed by atoms with van der Waals surface area (Å²) < 4.78 is 12.9. The van der Waals surface area contributed by atoms with Gasteiger partial charge in [-0.05, 0) is 48.9 Å². The number of nitrogens with one attached hydrogen (secondary N) is 2. The van der Waals surface area contributed by atoms with Crippen LogP contribution in [0, 0.1) is 17.7 Å². The second kappa shape index (κ2) is 5.52. The Labute approximate surface area is 118 Å². The minimum absolute atomic E-state index is 0.0644. The molecule has 1 aliphatic carbocycles. The van der Waals surface area contributed by atoms with E-state index in [1.165, 1.54) is 12.1 Å². The predicted molar refractivity (Wildman–Crippen MR) is 75.8 cm³/mol. The van der Waals surface area contributed by atoms with Crippen LogP contribution in [0.25, 0.3) is 0 Å². The predicted octanol–water partition coefficient (Wildman–Crippen LogP) is 2.04. The van der Waals surface area contributed by atoms with Crippen LogP contribution in [0.1, 0.15) is 31.2 Å². The third-order valence-electron chi connectivity index (χ3n) is 4.58. The molecule has 2 aliphatic rings. The molecule has 0 spiro atoms. The SMILES string of the molecule is CC1CCNCC1NC(=O)C1CC1c1ccc(F)cc1. The molecule has 20 heavy (non-hydrogen) atoms. The largest absolute Gasteiger partial charge is 0.352 e. The highest BCUT2D eigenvalue weighted by Gasteiger charge is 2.44. The van der Waals surface area contributed by atoms with Crippen molar-refractivity contribution in [3.05, 3.63) is 35.6 Å². The highest BCUT2D eigenvalue weighted by atomic mass is 19.1. The van der Waals surface area contributed by atoms with Gasteiger partial charge < -0.3 is 10.6 Å². The fourth-order valence-electron chi connectivity index (χ4n) is 3.04. The molecule has 1 aliphatic heterocycles. The van der Waals surface area contributed by atoms with E-state index in [0.717, 1.165) is 31.5 Å². The molecule has 3 nitrogen and oxygen atoms in total. The Bertz CT molecular complexity index is 488. The molecule has 1 saturated heterocycles. The van der Waals surface area contributed by atoms with E-state index in [0.29, 0.717) is 5.92 Å². The van der Waals surface area contributed by atoms with E-state index >= 15 is 0 Å². The van der Waals surface area contributed by atoms with Crippen molar-refractivity contribution >= 4 is 5.91 Å². The highest BCUT2D eigenvalue weighted by molar-refractivity contribution is 5.83. The maximum Gasteiger partial charge on any atom is 0.224 e. The molecular formula is C16H21FN2O. The van der Waals surface area contributed by atoms with E-state index in [1.807, 2.05) is 0 Å². The number of hydrogen-bond donors (Lipinski definition) is 2. The molecule has 1 saturated carbocycles. The molecular weight excluding hydrogens is 255 g/mol. The normalized spacial score (nSPS) is 32.7. The number of carbonyl (C=O) groups is 1. The molecule has 1 heterocycles. The Morgan fingerprint density at radius 3 is 2.80 bits per heavy atom. The molecule has 3 rings (SSSR count). The van der Waals surface area contributed by atoms with Crippen molar-refractivity contribution in [2.45, 2.75) is 31.7 Å². The van der Waals surface area contributed by atoms with Crippen LogP contribution in [0.3, 0.4) is 0 Å². The van der Waals surface area contributed by atoms with Crippen molar-refractivity contribution in [2.24, 2.45) is 11.8 Å². The quantitative estimate of drug-likeness (QED) is 0.887. The van der Waals surface area contributed by atoms with Gasteiger partial charge in [0.1, 0.15) is 5.82 Å². The van der Waals surface area contributed by atoms with E-state index in [9.17, 15) is 9.18 Å². The first-order chi connectivity index (χ1) is 9.65. The lowest BCUT2D eigenvalue weighted by molar-refractivity contribution is -0.123. The first-order valence-electron chi connectivity index (χ1n) is 7.41. The van der Waals surface area contributed by atoms with Crippen molar-refractivity contribution in [2.75, 3.05) is 13.1 Å². The number of hydrogen-bond acceptors (Lipinski definition) is 2. The Morgan fingerprint density at radius 2 is 2.10 bits per heavy atom. The maximum absolute atomic E-state index is 12.9. The second-order valence-electron chi connectivity index (χ2n) is 6.09. The lowest BCUT2D eigenvalue weighted by Gasteiger charge is -2.30. The molecule has 1 aromatic carbocycles. The topological polar surface area (TPSA) is 41.1 Å². The van der Waals surface area contributed by atoms with Gasteiger partial charge in [0.05, 0.1) is 0 Å². The molecule has 1 aromatic rings. The first kappa shape index (κ1) is 13.6. The van der Waals surface area contributed by atoms with Gasteiger partial charge in [0.2, 0.25) is 5.91 Å². The van der Waals surface area contributed by atoms with Crippen molar-refractivity contribution in [3.63, 3.8) is 0 Å². The molecule has 2 fully saturated rings. The summed E-state index contributed by atoms with van der Waals surface area (Å²) in [5.41, 5.74) is 1.07. The van der Waals surface area contributed by atoms with Crippen LogP contribution in [0.15, 0.2) is 24.3 Å². The van der Waals surface area contributed by atoms with Gasteiger partial charge in [0.25, 0.3) is 0 Å². The molecule has 0 radical (unpaired) electrons. The van der Waals surface area contributed by atoms with Crippen molar-refractivity contribution in [1.29, 1.82) is 0 Å². The second-order valence-corrected chi connectivity index (χ2v) is 6.09. The summed E-state index contributed by atoms with van der Waals surface area (Å²) in [6.45, 7) is 4.09. The summed E-state index contributed by atoms with van der Waals surface area (Å²) in [6, 6.07) is 6.76. The van der Waals surface area contributed by atoms with Gasteiger partial charge in [-0.2, -0.15) is 0 Å². The van der Waals surface area contributed by atoms with Crippen LogP contribution >= 0.6 is 0 Å². The lowest BCUT2D eigenvalue weighted by Crippen LogP contribution is -2.50. The maximum atomic E-state index is 12.9. The summed E-state index contributed by atoms with van der Waals surface area (Å²) in [7, 11) is 0. The minimum Gasteiger partial charge on any atom is -0.352 e. The van der Waals surface area contributed by atoms with Gasteiger partial charge in [-0.25, -0.2) is 4.39 Å². The number of halogens is 1. The van der Waals surface area contributed by atoms with Crippen LogP contribution in [-0.2, 0) is 4.79 Å². The van der Waals surface area contributed by atoms with E-state index < -0.39 is 0 Å². The average Bonchev–Trinajstić information content (AvgIpc) is 3.23. The summed E-state index contributed by atoms with van der Waals surface area (Å²) in [4.78, 5) is 12.3. The summed E-state index contributed by atoms with van der Waals surface area (Å²) in [6.07, 6.45) is 1.99.